The molecule has 0 amide bonds. The Kier molecular flexibility index (Phi) is 5.18. The summed E-state index contributed by atoms with van der Waals surface area (Å²) >= 11 is 0. The number of piperazine rings is 1. The van der Waals surface area contributed by atoms with Gasteiger partial charge >= 0.3 is 0 Å². The highest BCUT2D eigenvalue weighted by Crippen LogP contribution is 2.21. The number of rotatable bonds is 4. The lowest BCUT2D eigenvalue weighted by Crippen LogP contribution is -2.49. The van der Waals surface area contributed by atoms with E-state index in [1.54, 1.807) is 0 Å². The number of benzene rings is 1. The van der Waals surface area contributed by atoms with Crippen LogP contribution in [0.1, 0.15) is 25.3 Å². The first-order valence-electron chi connectivity index (χ1n) is 9.78. The maximum Gasteiger partial charge on any atom is 0.147 e. The second kappa shape index (κ2) is 7.72. The Morgan fingerprint density at radius 1 is 0.962 bits per heavy atom. The fourth-order valence-electron chi connectivity index (χ4n) is 3.89. The molecule has 2 aromatic rings. The summed E-state index contributed by atoms with van der Waals surface area (Å²) in [5, 5.41) is 0. The summed E-state index contributed by atoms with van der Waals surface area (Å²) in [6.07, 6.45) is 6.35. The van der Waals surface area contributed by atoms with E-state index in [0.29, 0.717) is 6.04 Å². The van der Waals surface area contributed by atoms with Crippen molar-refractivity contribution in [3.63, 3.8) is 0 Å². The van der Waals surface area contributed by atoms with Crippen molar-refractivity contribution in [2.75, 3.05) is 44.7 Å². The molecule has 1 aromatic carbocycles. The lowest BCUT2D eigenvalue weighted by atomic mass is 10.1. The van der Waals surface area contributed by atoms with Crippen molar-refractivity contribution in [3.8, 4) is 11.3 Å². The molecule has 3 heterocycles. The zero-order valence-electron chi connectivity index (χ0n) is 15.9. The van der Waals surface area contributed by atoms with Gasteiger partial charge in [-0.3, -0.25) is 9.88 Å². The van der Waals surface area contributed by atoms with Crippen LogP contribution in [0.4, 0.5) is 5.82 Å². The molecule has 1 aromatic heterocycles. The maximum absolute atomic E-state index is 4.64. The van der Waals surface area contributed by atoms with E-state index in [4.69, 9.17) is 0 Å². The van der Waals surface area contributed by atoms with Gasteiger partial charge in [0.2, 0.25) is 0 Å². The van der Waals surface area contributed by atoms with Crippen molar-refractivity contribution in [2.45, 2.75) is 32.4 Å². The fraction of sp³-hybridized carbons (Fsp3) is 0.524. The Morgan fingerprint density at radius 3 is 2.38 bits per heavy atom. The molecule has 0 radical (unpaired) electrons. The number of hydrogen-bond acceptors (Lipinski definition) is 5. The number of likely N-dealkylation sites (N-methyl/N-ethyl adjacent to an activating group) is 1. The molecule has 2 aliphatic heterocycles. The maximum atomic E-state index is 4.64. The van der Waals surface area contributed by atoms with E-state index >= 15 is 0 Å². The molecule has 0 unspecified atom stereocenters. The highest BCUT2D eigenvalue weighted by atomic mass is 15.3. The Morgan fingerprint density at radius 2 is 1.73 bits per heavy atom. The first-order chi connectivity index (χ1) is 12.7. The van der Waals surface area contributed by atoms with Crippen LogP contribution in [0.3, 0.4) is 0 Å². The molecule has 0 spiro atoms. The quantitative estimate of drug-likeness (QED) is 0.846. The van der Waals surface area contributed by atoms with E-state index in [2.05, 4.69) is 62.9 Å². The molecule has 0 saturated carbocycles. The summed E-state index contributed by atoms with van der Waals surface area (Å²) in [5.74, 6) is 1.01. The molecule has 2 fully saturated rings. The van der Waals surface area contributed by atoms with E-state index in [-0.39, 0.29) is 0 Å². The third kappa shape index (κ3) is 3.89. The van der Waals surface area contributed by atoms with Crippen LogP contribution < -0.4 is 4.90 Å². The van der Waals surface area contributed by atoms with E-state index < -0.39 is 0 Å². The Bertz CT molecular complexity index is 706. The van der Waals surface area contributed by atoms with Crippen molar-refractivity contribution in [1.82, 2.24) is 19.8 Å². The Labute approximate surface area is 156 Å². The van der Waals surface area contributed by atoms with Crippen LogP contribution >= 0.6 is 0 Å². The normalized spacial score (nSPS) is 22.1. The van der Waals surface area contributed by atoms with Gasteiger partial charge in [-0.1, -0.05) is 24.3 Å². The van der Waals surface area contributed by atoms with Gasteiger partial charge in [0.25, 0.3) is 0 Å². The smallest absolute Gasteiger partial charge is 0.147 e. The number of nitrogens with zero attached hydrogens (tertiary/aromatic N) is 5. The van der Waals surface area contributed by atoms with Crippen LogP contribution in [-0.4, -0.2) is 65.6 Å². The minimum atomic E-state index is 0.632. The number of aromatic nitrogens is 2. The average Bonchev–Trinajstić information content (AvgIpc) is 3.20. The van der Waals surface area contributed by atoms with Gasteiger partial charge in [-0.05, 0) is 32.4 Å². The summed E-state index contributed by atoms with van der Waals surface area (Å²) < 4.78 is 0. The van der Waals surface area contributed by atoms with Crippen LogP contribution in [0.15, 0.2) is 36.7 Å². The molecule has 138 valence electrons. The van der Waals surface area contributed by atoms with Gasteiger partial charge in [-0.25, -0.2) is 4.98 Å². The Balaban J connectivity index is 1.39. The zero-order valence-corrected chi connectivity index (χ0v) is 15.9. The summed E-state index contributed by atoms with van der Waals surface area (Å²) in [4.78, 5) is 16.6. The predicted octanol–water partition coefficient (Wildman–Crippen LogP) is 2.88. The molecule has 5 nitrogen and oxygen atoms in total. The van der Waals surface area contributed by atoms with Gasteiger partial charge in [-0.2, -0.15) is 0 Å². The summed E-state index contributed by atoms with van der Waals surface area (Å²) in [6.45, 7) is 8.98. The van der Waals surface area contributed by atoms with Crippen molar-refractivity contribution in [2.24, 2.45) is 0 Å². The van der Waals surface area contributed by atoms with Crippen LogP contribution in [0, 0.1) is 0 Å². The molecule has 0 aliphatic carbocycles. The number of anilines is 1. The minimum Gasteiger partial charge on any atom is -0.355 e. The van der Waals surface area contributed by atoms with Crippen molar-refractivity contribution in [1.29, 1.82) is 0 Å². The van der Waals surface area contributed by atoms with Gasteiger partial charge in [0.15, 0.2) is 0 Å². The first-order valence-corrected chi connectivity index (χ1v) is 9.78. The molecule has 2 aliphatic rings. The summed E-state index contributed by atoms with van der Waals surface area (Å²) in [6, 6.07) is 9.44. The predicted molar refractivity (Wildman–Crippen MR) is 106 cm³/mol. The van der Waals surface area contributed by atoms with Crippen LogP contribution in [0.25, 0.3) is 11.3 Å². The molecule has 0 bridgehead atoms. The lowest BCUT2D eigenvalue weighted by Gasteiger charge is -2.37. The lowest BCUT2D eigenvalue weighted by molar-refractivity contribution is 0.1000. The van der Waals surface area contributed by atoms with Gasteiger partial charge in [0, 0.05) is 50.9 Å². The molecule has 0 N–H and O–H groups in total. The second-order valence-corrected chi connectivity index (χ2v) is 7.72. The minimum absolute atomic E-state index is 0.632. The number of hydrogen-bond donors (Lipinski definition) is 0. The summed E-state index contributed by atoms with van der Waals surface area (Å²) in [5.41, 5.74) is 3.46. The van der Waals surface area contributed by atoms with E-state index in [0.717, 1.165) is 56.3 Å². The zero-order chi connectivity index (χ0) is 17.9. The first kappa shape index (κ1) is 17.4. The third-order valence-corrected chi connectivity index (χ3v) is 5.77. The molecule has 26 heavy (non-hydrogen) atoms. The molecule has 2 saturated heterocycles. The van der Waals surface area contributed by atoms with Crippen LogP contribution in [0.5, 0.6) is 0 Å². The fourth-order valence-corrected chi connectivity index (χ4v) is 3.89. The van der Waals surface area contributed by atoms with Gasteiger partial charge in [0.05, 0.1) is 18.1 Å². The highest BCUT2D eigenvalue weighted by Gasteiger charge is 2.20. The van der Waals surface area contributed by atoms with Gasteiger partial charge in [0.1, 0.15) is 5.82 Å². The molecule has 4 rings (SSSR count). The van der Waals surface area contributed by atoms with E-state index in [1.807, 2.05) is 12.4 Å². The topological polar surface area (TPSA) is 35.5 Å². The van der Waals surface area contributed by atoms with Gasteiger partial charge in [-0.15, -0.1) is 0 Å². The SMILES string of the molecule is C[C@H]1CN(Cc2ccc(-c3cnc(N4CCCC4)cn3)cc2)CCN1C. The monoisotopic (exact) mass is 351 g/mol. The largest absolute Gasteiger partial charge is 0.355 e. The molecule has 1 atom stereocenters. The molecule has 5 heteroatoms. The second-order valence-electron chi connectivity index (χ2n) is 7.72. The Hall–Kier alpha value is -1.98. The van der Waals surface area contributed by atoms with Crippen LogP contribution in [0.2, 0.25) is 0 Å². The van der Waals surface area contributed by atoms with Crippen molar-refractivity contribution >= 4 is 5.82 Å². The molecular weight excluding hydrogens is 322 g/mol. The van der Waals surface area contributed by atoms with Crippen LogP contribution in [-0.2, 0) is 6.54 Å². The van der Waals surface area contributed by atoms with Gasteiger partial charge < -0.3 is 9.80 Å². The average molecular weight is 351 g/mol. The van der Waals surface area contributed by atoms with E-state index in [9.17, 15) is 0 Å². The van der Waals surface area contributed by atoms with Crippen molar-refractivity contribution < 1.29 is 0 Å². The third-order valence-electron chi connectivity index (χ3n) is 5.77. The van der Waals surface area contributed by atoms with E-state index in [1.165, 1.54) is 18.4 Å². The highest BCUT2D eigenvalue weighted by molar-refractivity contribution is 5.59. The van der Waals surface area contributed by atoms with Crippen molar-refractivity contribution in [3.05, 3.63) is 42.2 Å². The molecular formula is C21H29N5. The standard InChI is InChI=1S/C21H29N5/c1-17-15-25(12-11-24(17)2)16-18-5-7-19(8-6-18)20-13-23-21(14-22-20)26-9-3-4-10-26/h5-8,13-14,17H,3-4,9-12,15-16H2,1-2H3/t17-/m0/s1. The summed E-state index contributed by atoms with van der Waals surface area (Å²) in [7, 11) is 2.22.